The van der Waals surface area contributed by atoms with Gasteiger partial charge in [0.1, 0.15) is 5.75 Å². The summed E-state index contributed by atoms with van der Waals surface area (Å²) >= 11 is 0. The van der Waals surface area contributed by atoms with E-state index in [9.17, 15) is 21.6 Å². The number of ether oxygens (including phenoxy) is 1. The molecule has 7 nitrogen and oxygen atoms in total. The first-order valence-corrected chi connectivity index (χ1v) is 11.7. The van der Waals surface area contributed by atoms with Crippen molar-refractivity contribution in [2.75, 3.05) is 0 Å². The fourth-order valence-corrected chi connectivity index (χ4v) is 6.61. The first-order chi connectivity index (χ1) is 14.4. The molecule has 0 amide bonds. The molecular weight excluding hydrogens is 433 g/mol. The summed E-state index contributed by atoms with van der Waals surface area (Å²) in [7, 11) is -4.13. The van der Waals surface area contributed by atoms with Gasteiger partial charge >= 0.3 is 6.36 Å². The number of hydrogen-bond acceptors (Lipinski definition) is 4. The lowest BCUT2D eigenvalue weighted by molar-refractivity contribution is -0.274. The number of benzene rings is 1. The maximum absolute atomic E-state index is 12.8. The van der Waals surface area contributed by atoms with Crippen LogP contribution in [0.4, 0.5) is 13.2 Å². The number of nitrogens with zero attached hydrogens (tertiary/aromatic N) is 2. The Morgan fingerprint density at radius 2 is 1.61 bits per heavy atom. The quantitative estimate of drug-likeness (QED) is 0.531. The van der Waals surface area contributed by atoms with Crippen LogP contribution in [0, 0.1) is 17.8 Å². The van der Waals surface area contributed by atoms with E-state index in [1.54, 1.807) is 0 Å². The number of aliphatic imine (C=N–C) groups is 2. The Kier molecular flexibility index (Phi) is 5.43. The maximum atomic E-state index is 12.8. The van der Waals surface area contributed by atoms with Gasteiger partial charge in [0.05, 0.1) is 16.3 Å². The molecule has 0 radical (unpaired) electrons. The fraction of sp³-hybridized carbons (Fsp3) is 0.600. The van der Waals surface area contributed by atoms with E-state index < -0.39 is 22.1 Å². The van der Waals surface area contributed by atoms with Crippen molar-refractivity contribution in [2.24, 2.45) is 33.5 Å². The molecule has 4 fully saturated rings. The van der Waals surface area contributed by atoms with Crippen LogP contribution in [0.5, 0.6) is 5.75 Å². The highest BCUT2D eigenvalue weighted by atomic mass is 32.2. The van der Waals surface area contributed by atoms with Crippen LogP contribution in [-0.2, 0) is 10.0 Å². The van der Waals surface area contributed by atoms with Crippen molar-refractivity contribution in [3.05, 3.63) is 24.3 Å². The highest BCUT2D eigenvalue weighted by Crippen LogP contribution is 2.57. The molecule has 0 aromatic heterocycles. The van der Waals surface area contributed by atoms with Gasteiger partial charge in [0, 0.05) is 0 Å². The van der Waals surface area contributed by atoms with Crippen molar-refractivity contribution >= 4 is 21.8 Å². The van der Waals surface area contributed by atoms with Crippen molar-refractivity contribution in [3.8, 4) is 5.75 Å². The van der Waals surface area contributed by atoms with Crippen molar-refractivity contribution < 1.29 is 26.3 Å². The summed E-state index contributed by atoms with van der Waals surface area (Å²) in [4.78, 5) is 8.65. The molecule has 170 valence electrons. The van der Waals surface area contributed by atoms with Gasteiger partial charge in [-0.3, -0.25) is 0 Å². The van der Waals surface area contributed by atoms with Gasteiger partial charge < -0.3 is 10.5 Å². The average molecular weight is 459 g/mol. The number of sulfonamides is 1. The number of hydrogen-bond donors (Lipinski definition) is 2. The topological polar surface area (TPSA) is 106 Å². The number of guanidine groups is 1. The molecule has 4 aliphatic rings. The minimum Gasteiger partial charge on any atom is -0.406 e. The second-order valence-electron chi connectivity index (χ2n) is 8.96. The van der Waals surface area contributed by atoms with Crippen LogP contribution in [0.25, 0.3) is 0 Å². The van der Waals surface area contributed by atoms with Crippen LogP contribution in [0.3, 0.4) is 0 Å². The Morgan fingerprint density at radius 1 is 1.10 bits per heavy atom. The molecule has 4 saturated carbocycles. The van der Waals surface area contributed by atoms with Crippen LogP contribution in [0.1, 0.15) is 45.4 Å². The number of nitrogens with one attached hydrogen (secondary N) is 1. The second-order valence-corrected chi connectivity index (χ2v) is 10.6. The number of halogens is 3. The van der Waals surface area contributed by atoms with Gasteiger partial charge in [-0.05, 0) is 87.5 Å². The van der Waals surface area contributed by atoms with Gasteiger partial charge in [-0.1, -0.05) is 0 Å². The van der Waals surface area contributed by atoms with E-state index in [-0.39, 0.29) is 22.2 Å². The Morgan fingerprint density at radius 3 is 2.06 bits per heavy atom. The van der Waals surface area contributed by atoms with E-state index in [1.165, 1.54) is 26.2 Å². The predicted molar refractivity (Wildman–Crippen MR) is 109 cm³/mol. The molecule has 4 bridgehead atoms. The largest absolute Gasteiger partial charge is 0.573 e. The van der Waals surface area contributed by atoms with Crippen LogP contribution in [-0.4, -0.2) is 32.1 Å². The zero-order chi connectivity index (χ0) is 22.4. The van der Waals surface area contributed by atoms with E-state index in [4.69, 9.17) is 10.7 Å². The molecule has 0 unspecified atom stereocenters. The maximum Gasteiger partial charge on any atom is 0.573 e. The van der Waals surface area contributed by atoms with Gasteiger partial charge in [0.2, 0.25) is 5.96 Å². The van der Waals surface area contributed by atoms with E-state index in [0.717, 1.165) is 43.5 Å². The minimum absolute atomic E-state index is 0.0856. The molecule has 3 N–H and O–H groups in total. The Labute approximate surface area is 179 Å². The Balaban J connectivity index is 1.58. The zero-order valence-corrected chi connectivity index (χ0v) is 17.8. The molecule has 0 heterocycles. The number of alkyl halides is 3. The summed E-state index contributed by atoms with van der Waals surface area (Å²) < 4.78 is 68.8. The van der Waals surface area contributed by atoms with Crippen molar-refractivity contribution in [2.45, 2.75) is 62.2 Å². The summed E-state index contributed by atoms with van der Waals surface area (Å²) in [6, 6.07) is 3.94. The summed E-state index contributed by atoms with van der Waals surface area (Å²) in [5.41, 5.74) is 5.37. The van der Waals surface area contributed by atoms with Gasteiger partial charge in [-0.15, -0.1) is 13.2 Å². The molecule has 0 saturated heterocycles. The van der Waals surface area contributed by atoms with E-state index in [2.05, 4.69) is 14.5 Å². The molecule has 1 aromatic rings. The van der Waals surface area contributed by atoms with Crippen LogP contribution in [0.2, 0.25) is 0 Å². The van der Waals surface area contributed by atoms with E-state index >= 15 is 0 Å². The SMILES string of the molecule is CC(N)=NC(=NC12CC3CC(CC(C3)C1)C2)NS(=O)(=O)c1ccc(OC(F)(F)F)cc1. The third-order valence-electron chi connectivity index (χ3n) is 6.22. The molecular formula is C20H25F3N4O3S. The van der Waals surface area contributed by atoms with Crippen molar-refractivity contribution in [1.82, 2.24) is 4.72 Å². The normalized spacial score (nSPS) is 31.0. The number of amidine groups is 1. The predicted octanol–water partition coefficient (Wildman–Crippen LogP) is 3.57. The molecule has 11 heteroatoms. The van der Waals surface area contributed by atoms with Crippen LogP contribution < -0.4 is 15.2 Å². The lowest BCUT2D eigenvalue weighted by atomic mass is 9.53. The Bertz CT molecular complexity index is 964. The number of nitrogens with two attached hydrogens (primary N) is 1. The average Bonchev–Trinajstić information content (AvgIpc) is 2.58. The van der Waals surface area contributed by atoms with Crippen LogP contribution in [0.15, 0.2) is 39.1 Å². The zero-order valence-electron chi connectivity index (χ0n) is 17.0. The summed E-state index contributed by atoms with van der Waals surface area (Å²) in [6.45, 7) is 1.53. The molecule has 5 rings (SSSR count). The molecule has 31 heavy (non-hydrogen) atoms. The summed E-state index contributed by atoms with van der Waals surface area (Å²) in [5, 5.41) is 0. The minimum atomic E-state index is -4.86. The van der Waals surface area contributed by atoms with Gasteiger partial charge in [-0.2, -0.15) is 0 Å². The lowest BCUT2D eigenvalue weighted by Gasteiger charge is -2.54. The highest BCUT2D eigenvalue weighted by molar-refractivity contribution is 7.90. The van der Waals surface area contributed by atoms with Gasteiger partial charge in [0.15, 0.2) is 0 Å². The third kappa shape index (κ3) is 5.13. The summed E-state index contributed by atoms with van der Waals surface area (Å²) in [6.07, 6.45) is 1.50. The molecule has 0 spiro atoms. The van der Waals surface area contributed by atoms with E-state index in [0.29, 0.717) is 17.8 Å². The second kappa shape index (κ2) is 7.68. The van der Waals surface area contributed by atoms with Gasteiger partial charge in [0.25, 0.3) is 10.0 Å². The monoisotopic (exact) mass is 458 g/mol. The third-order valence-corrected chi connectivity index (χ3v) is 7.57. The highest BCUT2D eigenvalue weighted by Gasteiger charge is 2.51. The van der Waals surface area contributed by atoms with Crippen molar-refractivity contribution in [3.63, 3.8) is 0 Å². The van der Waals surface area contributed by atoms with Crippen molar-refractivity contribution in [1.29, 1.82) is 0 Å². The first-order valence-electron chi connectivity index (χ1n) is 10.2. The number of rotatable bonds is 4. The standard InChI is InChI=1S/C20H25F3N4O3S/c1-12(24)25-18(26-19-9-13-6-14(10-19)8-15(7-13)11-19)27-31(28,29)17-4-2-16(3-5-17)30-20(21,22)23/h2-5,13-15H,6-11H2,1H3,(H3,24,25,26,27). The molecule has 1 aromatic carbocycles. The smallest absolute Gasteiger partial charge is 0.406 e. The summed E-state index contributed by atoms with van der Waals surface area (Å²) in [5.74, 6) is 1.38. The van der Waals surface area contributed by atoms with Crippen LogP contribution >= 0.6 is 0 Å². The lowest BCUT2D eigenvalue weighted by Crippen LogP contribution is -2.50. The first kappa shape index (κ1) is 21.9. The Hall–Kier alpha value is -2.30. The van der Waals surface area contributed by atoms with E-state index in [1.807, 2.05) is 0 Å². The molecule has 0 atom stereocenters. The van der Waals surface area contributed by atoms with Gasteiger partial charge in [-0.25, -0.2) is 23.1 Å². The molecule has 0 aliphatic heterocycles. The fourth-order valence-electron chi connectivity index (χ4n) is 5.66. The molecule has 4 aliphatic carbocycles.